The molecule has 0 bridgehead atoms. The van der Waals surface area contributed by atoms with Gasteiger partial charge in [0.05, 0.1) is 23.9 Å². The first-order chi connectivity index (χ1) is 13.5. The Hall–Kier alpha value is -3.12. The Morgan fingerprint density at radius 2 is 2.00 bits per heavy atom. The van der Waals surface area contributed by atoms with Crippen LogP contribution in [0.5, 0.6) is 0 Å². The summed E-state index contributed by atoms with van der Waals surface area (Å²) in [5, 5.41) is 3.38. The summed E-state index contributed by atoms with van der Waals surface area (Å²) in [4.78, 5) is 28.2. The van der Waals surface area contributed by atoms with Crippen LogP contribution in [0.4, 0.5) is 5.69 Å². The van der Waals surface area contributed by atoms with Gasteiger partial charge in [-0.05, 0) is 36.8 Å². The molecule has 0 saturated carbocycles. The summed E-state index contributed by atoms with van der Waals surface area (Å²) in [5.41, 5.74) is 2.54. The number of esters is 1. The quantitative estimate of drug-likeness (QED) is 0.610. The highest BCUT2D eigenvalue weighted by Crippen LogP contribution is 2.28. The molecule has 3 aromatic rings. The Morgan fingerprint density at radius 3 is 2.75 bits per heavy atom. The molecule has 2 aromatic carbocycles. The lowest BCUT2D eigenvalue weighted by Crippen LogP contribution is -2.14. The van der Waals surface area contributed by atoms with Crippen molar-refractivity contribution in [1.29, 1.82) is 0 Å². The van der Waals surface area contributed by atoms with E-state index in [0.717, 1.165) is 11.1 Å². The molecule has 0 aliphatic carbocycles. The number of anilines is 1. The van der Waals surface area contributed by atoms with Gasteiger partial charge in [-0.25, -0.2) is 9.78 Å². The number of ether oxygens (including phenoxy) is 1. The molecule has 0 atom stereocenters. The molecule has 144 valence electrons. The largest absolute Gasteiger partial charge is 0.465 e. The number of rotatable bonds is 6. The number of aromatic nitrogens is 1. The van der Waals surface area contributed by atoms with Crippen LogP contribution in [-0.4, -0.2) is 24.0 Å². The van der Waals surface area contributed by atoms with Gasteiger partial charge in [0.15, 0.2) is 11.7 Å². The third-order valence-corrected chi connectivity index (χ3v) is 4.52. The SMILES string of the molecule is COC(=O)c1ccc(C)c(NC(=O)CCc2ncc(-c3ccccc3Cl)o2)c1. The van der Waals surface area contributed by atoms with E-state index in [4.69, 9.17) is 20.8 Å². The molecule has 1 amide bonds. The Balaban J connectivity index is 1.63. The second-order valence-electron chi connectivity index (χ2n) is 6.17. The molecule has 0 unspecified atom stereocenters. The fourth-order valence-electron chi connectivity index (χ4n) is 2.65. The van der Waals surface area contributed by atoms with Gasteiger partial charge in [-0.1, -0.05) is 29.8 Å². The second-order valence-corrected chi connectivity index (χ2v) is 6.57. The minimum absolute atomic E-state index is 0.185. The third-order valence-electron chi connectivity index (χ3n) is 4.19. The number of hydrogen-bond donors (Lipinski definition) is 1. The van der Waals surface area contributed by atoms with Crippen molar-refractivity contribution < 1.29 is 18.7 Å². The van der Waals surface area contributed by atoms with Gasteiger partial charge in [0.2, 0.25) is 5.91 Å². The minimum atomic E-state index is -0.456. The van der Waals surface area contributed by atoms with E-state index in [1.165, 1.54) is 7.11 Å². The maximum absolute atomic E-state index is 12.3. The molecule has 0 fully saturated rings. The lowest BCUT2D eigenvalue weighted by Gasteiger charge is -2.09. The van der Waals surface area contributed by atoms with Crippen molar-refractivity contribution in [3.05, 3.63) is 70.7 Å². The van der Waals surface area contributed by atoms with Crippen molar-refractivity contribution in [1.82, 2.24) is 4.98 Å². The molecule has 1 N–H and O–H groups in total. The molecule has 0 radical (unpaired) electrons. The van der Waals surface area contributed by atoms with Gasteiger partial charge in [0, 0.05) is 24.1 Å². The van der Waals surface area contributed by atoms with E-state index in [1.807, 2.05) is 25.1 Å². The average molecular weight is 399 g/mol. The van der Waals surface area contributed by atoms with Gasteiger partial charge in [0.1, 0.15) is 0 Å². The summed E-state index contributed by atoms with van der Waals surface area (Å²) in [6.07, 6.45) is 2.12. The van der Waals surface area contributed by atoms with E-state index in [2.05, 4.69) is 10.3 Å². The zero-order valence-electron chi connectivity index (χ0n) is 15.5. The summed E-state index contributed by atoms with van der Waals surface area (Å²) in [5.74, 6) is 0.345. The Labute approximate surface area is 167 Å². The van der Waals surface area contributed by atoms with Crippen LogP contribution in [0, 0.1) is 6.92 Å². The summed E-state index contributed by atoms with van der Waals surface area (Å²) < 4.78 is 10.4. The fourth-order valence-corrected chi connectivity index (χ4v) is 2.87. The highest BCUT2D eigenvalue weighted by Gasteiger charge is 2.13. The minimum Gasteiger partial charge on any atom is -0.465 e. The Bertz CT molecular complexity index is 1010. The molecular formula is C21H19ClN2O4. The molecule has 6 nitrogen and oxygen atoms in total. The Kier molecular flexibility index (Phi) is 6.11. The van der Waals surface area contributed by atoms with Crippen LogP contribution in [-0.2, 0) is 16.0 Å². The molecule has 1 heterocycles. The lowest BCUT2D eigenvalue weighted by atomic mass is 10.1. The first-order valence-corrected chi connectivity index (χ1v) is 9.04. The first kappa shape index (κ1) is 19.6. The number of aryl methyl sites for hydroxylation is 2. The predicted octanol–water partition coefficient (Wildman–Crippen LogP) is 4.66. The van der Waals surface area contributed by atoms with E-state index in [-0.39, 0.29) is 12.3 Å². The van der Waals surface area contributed by atoms with Crippen molar-refractivity contribution in [3.63, 3.8) is 0 Å². The summed E-state index contributed by atoms with van der Waals surface area (Å²) in [6, 6.07) is 12.3. The highest BCUT2D eigenvalue weighted by atomic mass is 35.5. The number of carbonyl (C=O) groups excluding carboxylic acids is 2. The van der Waals surface area contributed by atoms with Gasteiger partial charge < -0.3 is 14.5 Å². The number of carbonyl (C=O) groups is 2. The maximum atomic E-state index is 12.3. The number of oxazole rings is 1. The monoisotopic (exact) mass is 398 g/mol. The van der Waals surface area contributed by atoms with E-state index in [1.54, 1.807) is 30.5 Å². The highest BCUT2D eigenvalue weighted by molar-refractivity contribution is 6.33. The van der Waals surface area contributed by atoms with Gasteiger partial charge in [-0.3, -0.25) is 4.79 Å². The molecule has 7 heteroatoms. The standard InChI is InChI=1S/C21H19ClN2O4/c1-13-7-8-14(21(26)27-2)11-17(13)24-19(25)9-10-20-23-12-18(28-20)15-5-3-4-6-16(15)22/h3-8,11-12H,9-10H2,1-2H3,(H,24,25). The maximum Gasteiger partial charge on any atom is 0.337 e. The molecule has 0 aliphatic rings. The first-order valence-electron chi connectivity index (χ1n) is 8.66. The van der Waals surface area contributed by atoms with Crippen LogP contribution in [0.15, 0.2) is 53.1 Å². The third kappa shape index (κ3) is 4.58. The van der Waals surface area contributed by atoms with Gasteiger partial charge >= 0.3 is 5.97 Å². The van der Waals surface area contributed by atoms with Crippen LogP contribution in [0.2, 0.25) is 5.02 Å². The van der Waals surface area contributed by atoms with Crippen molar-refractivity contribution in [2.75, 3.05) is 12.4 Å². The normalized spacial score (nSPS) is 10.5. The van der Waals surface area contributed by atoms with E-state index >= 15 is 0 Å². The van der Waals surface area contributed by atoms with Crippen LogP contribution in [0.25, 0.3) is 11.3 Å². The number of halogens is 1. The summed E-state index contributed by atoms with van der Waals surface area (Å²) in [7, 11) is 1.31. The smallest absolute Gasteiger partial charge is 0.337 e. The number of hydrogen-bond acceptors (Lipinski definition) is 5. The van der Waals surface area contributed by atoms with Gasteiger partial charge in [-0.2, -0.15) is 0 Å². The van der Waals surface area contributed by atoms with Crippen LogP contribution in [0.1, 0.15) is 28.2 Å². The van der Waals surface area contributed by atoms with Crippen LogP contribution < -0.4 is 5.32 Å². The summed E-state index contributed by atoms with van der Waals surface area (Å²) >= 11 is 6.16. The summed E-state index contributed by atoms with van der Waals surface area (Å²) in [6.45, 7) is 1.85. The predicted molar refractivity (Wildman–Crippen MR) is 106 cm³/mol. The topological polar surface area (TPSA) is 81.4 Å². The van der Waals surface area contributed by atoms with Crippen molar-refractivity contribution in [2.45, 2.75) is 19.8 Å². The van der Waals surface area contributed by atoms with Crippen molar-refractivity contribution in [2.24, 2.45) is 0 Å². The van der Waals surface area contributed by atoms with E-state index in [0.29, 0.717) is 34.3 Å². The molecule has 0 spiro atoms. The van der Waals surface area contributed by atoms with Gasteiger partial charge in [-0.15, -0.1) is 0 Å². The molecule has 28 heavy (non-hydrogen) atoms. The molecular weight excluding hydrogens is 380 g/mol. The molecule has 1 aromatic heterocycles. The zero-order valence-corrected chi connectivity index (χ0v) is 16.2. The number of amides is 1. The molecule has 3 rings (SSSR count). The Morgan fingerprint density at radius 1 is 1.21 bits per heavy atom. The molecule has 0 aliphatic heterocycles. The van der Waals surface area contributed by atoms with E-state index < -0.39 is 5.97 Å². The number of nitrogens with zero attached hydrogens (tertiary/aromatic N) is 1. The fraction of sp³-hybridized carbons (Fsp3) is 0.190. The number of methoxy groups -OCH3 is 1. The second kappa shape index (κ2) is 8.71. The van der Waals surface area contributed by atoms with Crippen LogP contribution >= 0.6 is 11.6 Å². The average Bonchev–Trinajstić information content (AvgIpc) is 3.16. The molecule has 0 saturated heterocycles. The number of nitrogens with one attached hydrogen (secondary N) is 1. The lowest BCUT2D eigenvalue weighted by molar-refractivity contribution is -0.116. The van der Waals surface area contributed by atoms with Crippen LogP contribution in [0.3, 0.4) is 0 Å². The number of benzene rings is 2. The zero-order chi connectivity index (χ0) is 20.1. The van der Waals surface area contributed by atoms with E-state index in [9.17, 15) is 9.59 Å². The van der Waals surface area contributed by atoms with Gasteiger partial charge in [0.25, 0.3) is 0 Å². The van der Waals surface area contributed by atoms with Crippen molar-refractivity contribution in [3.8, 4) is 11.3 Å². The van der Waals surface area contributed by atoms with Crippen molar-refractivity contribution >= 4 is 29.2 Å².